The van der Waals surface area contributed by atoms with Crippen molar-refractivity contribution in [3.05, 3.63) is 47.0 Å². The summed E-state index contributed by atoms with van der Waals surface area (Å²) in [6, 6.07) is 6.69. The highest BCUT2D eigenvalue weighted by molar-refractivity contribution is 5.94. The number of halogens is 2. The van der Waals surface area contributed by atoms with Crippen LogP contribution in [0.25, 0.3) is 5.69 Å². The van der Waals surface area contributed by atoms with Crippen molar-refractivity contribution >= 4 is 18.3 Å². The molecule has 1 fully saturated rings. The van der Waals surface area contributed by atoms with E-state index in [9.17, 15) is 9.18 Å². The number of nitrogens with zero attached hydrogens (tertiary/aromatic N) is 2. The van der Waals surface area contributed by atoms with Crippen LogP contribution in [-0.2, 0) is 12.8 Å². The van der Waals surface area contributed by atoms with Crippen LogP contribution in [0.3, 0.4) is 0 Å². The van der Waals surface area contributed by atoms with E-state index in [2.05, 4.69) is 22.7 Å². The molecule has 1 aromatic heterocycles. The van der Waals surface area contributed by atoms with Crippen LogP contribution in [-0.4, -0.2) is 34.8 Å². The zero-order chi connectivity index (χ0) is 17.4. The average Bonchev–Trinajstić information content (AvgIpc) is 3.20. The summed E-state index contributed by atoms with van der Waals surface area (Å²) in [4.78, 5) is 12.8. The molecule has 26 heavy (non-hydrogen) atoms. The van der Waals surface area contributed by atoms with Crippen LogP contribution in [0.2, 0.25) is 0 Å². The molecule has 2 aliphatic rings. The van der Waals surface area contributed by atoms with Crippen LogP contribution in [0, 0.1) is 11.7 Å². The molecule has 1 aliphatic heterocycles. The van der Waals surface area contributed by atoms with Gasteiger partial charge in [-0.25, -0.2) is 9.07 Å². The lowest BCUT2D eigenvalue weighted by Gasteiger charge is -2.30. The minimum atomic E-state index is -0.322. The van der Waals surface area contributed by atoms with Gasteiger partial charge in [-0.3, -0.25) is 4.79 Å². The van der Waals surface area contributed by atoms with Gasteiger partial charge in [0.05, 0.1) is 0 Å². The Kier molecular flexibility index (Phi) is 5.63. The number of fused-ring (bicyclic) bond motifs is 1. The van der Waals surface area contributed by atoms with Gasteiger partial charge in [0.25, 0.3) is 5.91 Å². The SMILES string of the molecule is CC1CCNCC1NC(=O)c1nn(-c2ccccc2F)c2c1CCC2.Cl. The van der Waals surface area contributed by atoms with Gasteiger partial charge in [0.1, 0.15) is 11.5 Å². The van der Waals surface area contributed by atoms with Gasteiger partial charge in [0.2, 0.25) is 0 Å². The predicted octanol–water partition coefficient (Wildman–Crippen LogP) is 2.65. The van der Waals surface area contributed by atoms with E-state index in [1.807, 2.05) is 0 Å². The minimum Gasteiger partial charge on any atom is -0.346 e. The summed E-state index contributed by atoms with van der Waals surface area (Å²) in [5, 5.41) is 10.9. The highest BCUT2D eigenvalue weighted by Crippen LogP contribution is 2.29. The first-order valence-electron chi connectivity index (χ1n) is 9.02. The molecule has 0 saturated carbocycles. The van der Waals surface area contributed by atoms with Gasteiger partial charge in [0, 0.05) is 23.8 Å². The second-order valence-electron chi connectivity index (χ2n) is 7.04. The molecule has 140 valence electrons. The fourth-order valence-corrected chi connectivity index (χ4v) is 3.86. The molecule has 7 heteroatoms. The third-order valence-electron chi connectivity index (χ3n) is 5.37. The molecule has 5 nitrogen and oxygen atoms in total. The molecule has 2 aromatic rings. The summed E-state index contributed by atoms with van der Waals surface area (Å²) >= 11 is 0. The lowest BCUT2D eigenvalue weighted by Crippen LogP contribution is -2.50. The summed E-state index contributed by atoms with van der Waals surface area (Å²) < 4.78 is 15.8. The lowest BCUT2D eigenvalue weighted by molar-refractivity contribution is 0.0908. The number of amides is 1. The standard InChI is InChI=1S/C19H23FN4O.ClH/c1-12-9-10-21-11-15(12)22-19(25)18-13-5-4-8-16(13)24(23-18)17-7-3-2-6-14(17)20;/h2-3,6-7,12,15,21H,4-5,8-11H2,1H3,(H,22,25);1H. The van der Waals surface area contributed by atoms with Crippen molar-refractivity contribution in [3.63, 3.8) is 0 Å². The Labute approximate surface area is 158 Å². The number of hydrogen-bond donors (Lipinski definition) is 2. The predicted molar refractivity (Wildman–Crippen MR) is 101 cm³/mol. The Morgan fingerprint density at radius 3 is 2.92 bits per heavy atom. The fourth-order valence-electron chi connectivity index (χ4n) is 3.86. The van der Waals surface area contributed by atoms with Crippen molar-refractivity contribution in [3.8, 4) is 5.69 Å². The van der Waals surface area contributed by atoms with E-state index in [4.69, 9.17) is 0 Å². The van der Waals surface area contributed by atoms with Crippen molar-refractivity contribution in [1.29, 1.82) is 0 Å². The highest BCUT2D eigenvalue weighted by atomic mass is 35.5. The van der Waals surface area contributed by atoms with E-state index in [-0.39, 0.29) is 30.2 Å². The van der Waals surface area contributed by atoms with Gasteiger partial charge in [-0.2, -0.15) is 5.10 Å². The smallest absolute Gasteiger partial charge is 0.272 e. The number of piperidine rings is 1. The first-order valence-corrected chi connectivity index (χ1v) is 9.02. The largest absolute Gasteiger partial charge is 0.346 e. The molecule has 2 unspecified atom stereocenters. The molecule has 1 saturated heterocycles. The van der Waals surface area contributed by atoms with Gasteiger partial charge < -0.3 is 10.6 Å². The summed E-state index contributed by atoms with van der Waals surface area (Å²) in [6.45, 7) is 3.93. The Morgan fingerprint density at radius 1 is 1.35 bits per heavy atom. The van der Waals surface area contributed by atoms with Crippen LogP contribution < -0.4 is 10.6 Å². The van der Waals surface area contributed by atoms with Crippen molar-refractivity contribution in [2.45, 2.75) is 38.6 Å². The molecular formula is C19H24ClFN4O. The molecule has 0 radical (unpaired) electrons. The molecule has 1 aromatic carbocycles. The van der Waals surface area contributed by atoms with Crippen molar-refractivity contribution in [1.82, 2.24) is 20.4 Å². The minimum absolute atomic E-state index is 0. The van der Waals surface area contributed by atoms with E-state index < -0.39 is 0 Å². The van der Waals surface area contributed by atoms with Crippen LogP contribution in [0.4, 0.5) is 4.39 Å². The summed E-state index contributed by atoms with van der Waals surface area (Å²) in [7, 11) is 0. The number of benzene rings is 1. The highest BCUT2D eigenvalue weighted by Gasteiger charge is 2.30. The molecule has 4 rings (SSSR count). The quantitative estimate of drug-likeness (QED) is 0.863. The topological polar surface area (TPSA) is 58.9 Å². The average molecular weight is 379 g/mol. The van der Waals surface area contributed by atoms with Crippen LogP contribution in [0.1, 0.15) is 41.5 Å². The Hall–Kier alpha value is -1.92. The molecule has 1 aliphatic carbocycles. The third-order valence-corrected chi connectivity index (χ3v) is 5.37. The normalized spacial score (nSPS) is 21.8. The van der Waals surface area contributed by atoms with E-state index in [0.717, 1.165) is 50.0 Å². The molecule has 2 atom stereocenters. The summed E-state index contributed by atoms with van der Waals surface area (Å²) in [6.07, 6.45) is 3.67. The third kappa shape index (κ3) is 3.35. The van der Waals surface area contributed by atoms with E-state index >= 15 is 0 Å². The van der Waals surface area contributed by atoms with Gasteiger partial charge in [-0.05, 0) is 50.3 Å². The first kappa shape index (κ1) is 18.9. The molecule has 2 N–H and O–H groups in total. The Morgan fingerprint density at radius 2 is 2.15 bits per heavy atom. The van der Waals surface area contributed by atoms with Crippen LogP contribution >= 0.6 is 12.4 Å². The molecule has 1 amide bonds. The van der Waals surface area contributed by atoms with Crippen LogP contribution in [0.15, 0.2) is 24.3 Å². The van der Waals surface area contributed by atoms with E-state index in [1.54, 1.807) is 22.9 Å². The monoisotopic (exact) mass is 378 g/mol. The first-order chi connectivity index (χ1) is 12.1. The number of carbonyl (C=O) groups excluding carboxylic acids is 1. The van der Waals surface area contributed by atoms with Crippen molar-refractivity contribution < 1.29 is 9.18 Å². The Bertz CT molecular complexity index is 807. The van der Waals surface area contributed by atoms with Gasteiger partial charge >= 0.3 is 0 Å². The van der Waals surface area contributed by atoms with Gasteiger partial charge in [-0.1, -0.05) is 19.1 Å². The fraction of sp³-hybridized carbons (Fsp3) is 0.474. The number of carbonyl (C=O) groups is 1. The molecule has 0 spiro atoms. The number of nitrogens with one attached hydrogen (secondary N) is 2. The zero-order valence-electron chi connectivity index (χ0n) is 14.8. The van der Waals surface area contributed by atoms with Crippen LogP contribution in [0.5, 0.6) is 0 Å². The number of para-hydroxylation sites is 1. The van der Waals surface area contributed by atoms with Gasteiger partial charge in [0.15, 0.2) is 5.69 Å². The lowest BCUT2D eigenvalue weighted by atomic mass is 9.94. The second kappa shape index (κ2) is 7.76. The molecule has 2 heterocycles. The number of aromatic nitrogens is 2. The van der Waals surface area contributed by atoms with Gasteiger partial charge in [-0.15, -0.1) is 12.4 Å². The van der Waals surface area contributed by atoms with E-state index in [0.29, 0.717) is 17.3 Å². The second-order valence-corrected chi connectivity index (χ2v) is 7.04. The number of hydrogen-bond acceptors (Lipinski definition) is 3. The maximum absolute atomic E-state index is 14.2. The van der Waals surface area contributed by atoms with E-state index in [1.165, 1.54) is 6.07 Å². The molecule has 0 bridgehead atoms. The number of rotatable bonds is 3. The Balaban J connectivity index is 0.00000196. The zero-order valence-corrected chi connectivity index (χ0v) is 15.6. The molecular weight excluding hydrogens is 355 g/mol. The maximum Gasteiger partial charge on any atom is 0.272 e. The maximum atomic E-state index is 14.2. The summed E-state index contributed by atoms with van der Waals surface area (Å²) in [5.74, 6) is -0.0301. The summed E-state index contributed by atoms with van der Waals surface area (Å²) in [5.41, 5.74) is 2.79. The van der Waals surface area contributed by atoms with Crippen molar-refractivity contribution in [2.75, 3.05) is 13.1 Å². The van der Waals surface area contributed by atoms with Crippen molar-refractivity contribution in [2.24, 2.45) is 5.92 Å².